The van der Waals surface area contributed by atoms with E-state index in [2.05, 4.69) is 4.99 Å². The summed E-state index contributed by atoms with van der Waals surface area (Å²) in [6, 6.07) is 7.47. The molecule has 0 spiro atoms. The Labute approximate surface area is 134 Å². The molecule has 0 radical (unpaired) electrons. The fourth-order valence-corrected chi connectivity index (χ4v) is 2.60. The minimum atomic E-state index is 0.362. The zero-order chi connectivity index (χ0) is 17.0. The molecule has 0 aliphatic rings. The van der Waals surface area contributed by atoms with E-state index in [4.69, 9.17) is 14.7 Å². The highest BCUT2D eigenvalue weighted by atomic mass is 16.5. The first-order valence-corrected chi connectivity index (χ1v) is 6.95. The van der Waals surface area contributed by atoms with Crippen LogP contribution in [0.3, 0.4) is 0 Å². The summed E-state index contributed by atoms with van der Waals surface area (Å²) < 4.78 is 10.5. The fraction of sp³-hybridized carbons (Fsp3) is 0.222. The van der Waals surface area contributed by atoms with Gasteiger partial charge in [-0.25, -0.2) is 4.79 Å². The Morgan fingerprint density at radius 3 is 2.30 bits per heavy atom. The highest BCUT2D eigenvalue weighted by Gasteiger charge is 2.18. The van der Waals surface area contributed by atoms with E-state index in [1.54, 1.807) is 18.4 Å². The molecule has 116 valence electrons. The number of nitriles is 1. The molecule has 0 amide bonds. The van der Waals surface area contributed by atoms with Gasteiger partial charge in [0.2, 0.25) is 6.08 Å². The average Bonchev–Trinajstić information content (AvgIpc) is 2.51. The van der Waals surface area contributed by atoms with E-state index in [9.17, 15) is 4.79 Å². The smallest absolute Gasteiger partial charge is 0.292 e. The molecule has 0 aliphatic carbocycles. The third-order valence-electron chi connectivity index (χ3n) is 3.45. The van der Waals surface area contributed by atoms with Crippen LogP contribution >= 0.6 is 0 Å². The maximum atomic E-state index is 10.8. The fourth-order valence-electron chi connectivity index (χ4n) is 2.60. The number of carbonyl (C=O) groups excluding carboxylic acids is 1. The van der Waals surface area contributed by atoms with Gasteiger partial charge in [0.1, 0.15) is 11.4 Å². The summed E-state index contributed by atoms with van der Waals surface area (Å²) in [6.45, 7) is 5.72. The van der Waals surface area contributed by atoms with Crippen LogP contribution in [0, 0.1) is 32.3 Å². The first kappa shape index (κ1) is 16.3. The van der Waals surface area contributed by atoms with Crippen LogP contribution < -0.4 is 9.47 Å². The van der Waals surface area contributed by atoms with Gasteiger partial charge < -0.3 is 9.47 Å². The number of aliphatic imine (C=N–C) groups is 1. The van der Waals surface area contributed by atoms with Crippen LogP contribution in [0.1, 0.15) is 16.7 Å². The monoisotopic (exact) mass is 308 g/mol. The van der Waals surface area contributed by atoms with Crippen molar-refractivity contribution >= 4 is 11.8 Å². The van der Waals surface area contributed by atoms with Crippen LogP contribution in [0.15, 0.2) is 29.3 Å². The maximum Gasteiger partial charge on any atom is 0.292 e. The molecule has 0 N–H and O–H groups in total. The van der Waals surface area contributed by atoms with Gasteiger partial charge >= 0.3 is 0 Å². The number of hydrogen-bond donors (Lipinski definition) is 0. The van der Waals surface area contributed by atoms with Crippen molar-refractivity contribution in [2.75, 3.05) is 7.11 Å². The Kier molecular flexibility index (Phi) is 4.80. The van der Waals surface area contributed by atoms with Gasteiger partial charge in [-0.1, -0.05) is 6.07 Å². The zero-order valence-electron chi connectivity index (χ0n) is 13.4. The summed E-state index contributed by atoms with van der Waals surface area (Å²) in [5, 5.41) is 8.93. The molecule has 0 bridgehead atoms. The molecule has 5 heteroatoms. The van der Waals surface area contributed by atoms with E-state index >= 15 is 0 Å². The van der Waals surface area contributed by atoms with Crippen LogP contribution in [0.4, 0.5) is 5.69 Å². The van der Waals surface area contributed by atoms with Crippen molar-refractivity contribution in [1.29, 1.82) is 5.26 Å². The third-order valence-corrected chi connectivity index (χ3v) is 3.45. The van der Waals surface area contributed by atoms with Crippen molar-refractivity contribution in [3.8, 4) is 28.9 Å². The lowest BCUT2D eigenvalue weighted by Crippen LogP contribution is -1.95. The van der Waals surface area contributed by atoms with Crippen molar-refractivity contribution < 1.29 is 14.3 Å². The topological polar surface area (TPSA) is 71.7 Å². The number of rotatable bonds is 4. The third kappa shape index (κ3) is 3.23. The molecule has 23 heavy (non-hydrogen) atoms. The number of nitrogens with zero attached hydrogens (tertiary/aromatic N) is 2. The lowest BCUT2D eigenvalue weighted by Gasteiger charge is -2.15. The molecular formula is C18H16N2O3. The van der Waals surface area contributed by atoms with Crippen LogP contribution in [0.2, 0.25) is 0 Å². The molecule has 0 aromatic heterocycles. The van der Waals surface area contributed by atoms with E-state index in [-0.39, 0.29) is 0 Å². The minimum Gasteiger partial charge on any atom is -0.494 e. The van der Waals surface area contributed by atoms with E-state index in [0.717, 1.165) is 16.7 Å². The van der Waals surface area contributed by atoms with Crippen LogP contribution in [-0.2, 0) is 4.79 Å². The zero-order valence-corrected chi connectivity index (χ0v) is 13.4. The molecule has 2 aromatic rings. The second-order valence-corrected chi connectivity index (χ2v) is 5.22. The van der Waals surface area contributed by atoms with E-state index < -0.39 is 0 Å². The largest absolute Gasteiger partial charge is 0.494 e. The molecule has 0 heterocycles. The molecule has 0 unspecified atom stereocenters. The average molecular weight is 308 g/mol. The van der Waals surface area contributed by atoms with Gasteiger partial charge in [0.05, 0.1) is 7.11 Å². The summed E-state index contributed by atoms with van der Waals surface area (Å²) in [5.74, 6) is 0.901. The van der Waals surface area contributed by atoms with Gasteiger partial charge in [-0.15, -0.1) is 5.26 Å². The molecular weight excluding hydrogens is 292 g/mol. The second kappa shape index (κ2) is 6.78. The minimum absolute atomic E-state index is 0.362. The van der Waals surface area contributed by atoms with Crippen molar-refractivity contribution in [3.63, 3.8) is 0 Å². The molecule has 0 aliphatic heterocycles. The Morgan fingerprint density at radius 2 is 1.70 bits per heavy atom. The molecule has 0 saturated carbocycles. The van der Waals surface area contributed by atoms with Gasteiger partial charge in [-0.3, -0.25) is 0 Å². The molecule has 0 fully saturated rings. The van der Waals surface area contributed by atoms with Crippen molar-refractivity contribution in [3.05, 3.63) is 41.0 Å². The van der Waals surface area contributed by atoms with Gasteiger partial charge in [-0.2, -0.15) is 4.99 Å². The standard InChI is InChI=1S/C18H16N2O3/c1-11-5-13(3)18(23-9-19)15(7-11)14-6-12(2)8-16(22-4)17(14)20-10-21/h5-8H,1-4H3. The number of benzene rings is 2. The first-order chi connectivity index (χ1) is 11.0. The first-order valence-electron chi connectivity index (χ1n) is 6.95. The molecule has 0 atom stereocenters. The second-order valence-electron chi connectivity index (χ2n) is 5.22. The van der Waals surface area contributed by atoms with E-state index in [1.807, 2.05) is 39.0 Å². The van der Waals surface area contributed by atoms with Crippen molar-refractivity contribution in [2.24, 2.45) is 4.99 Å². The van der Waals surface area contributed by atoms with E-state index in [0.29, 0.717) is 28.3 Å². The summed E-state index contributed by atoms with van der Waals surface area (Å²) in [7, 11) is 1.51. The van der Waals surface area contributed by atoms with Gasteiger partial charge in [0.25, 0.3) is 6.26 Å². The summed E-state index contributed by atoms with van der Waals surface area (Å²) in [4.78, 5) is 14.6. The van der Waals surface area contributed by atoms with Crippen LogP contribution in [-0.4, -0.2) is 13.2 Å². The predicted octanol–water partition coefficient (Wildman–Crippen LogP) is 4.11. The lowest BCUT2D eigenvalue weighted by molar-refractivity contribution is 0.416. The quantitative estimate of drug-likeness (QED) is 0.484. The molecule has 2 rings (SSSR count). The SMILES string of the molecule is COc1cc(C)cc(-c2cc(C)cc(C)c2OC#N)c1N=C=O. The molecule has 5 nitrogen and oxygen atoms in total. The number of hydrogen-bond acceptors (Lipinski definition) is 5. The highest BCUT2D eigenvalue weighted by molar-refractivity contribution is 5.86. The summed E-state index contributed by atoms with van der Waals surface area (Å²) >= 11 is 0. The normalized spacial score (nSPS) is 9.70. The Hall–Kier alpha value is -3.09. The Morgan fingerprint density at radius 1 is 1.04 bits per heavy atom. The Balaban J connectivity index is 2.89. The number of aryl methyl sites for hydroxylation is 3. The molecule has 2 aromatic carbocycles. The van der Waals surface area contributed by atoms with Crippen molar-refractivity contribution in [2.45, 2.75) is 20.8 Å². The number of isocyanates is 1. The van der Waals surface area contributed by atoms with E-state index in [1.165, 1.54) is 7.11 Å². The lowest BCUT2D eigenvalue weighted by atomic mass is 9.96. The highest BCUT2D eigenvalue weighted by Crippen LogP contribution is 2.44. The molecule has 0 saturated heterocycles. The number of ether oxygens (including phenoxy) is 2. The van der Waals surface area contributed by atoms with Gasteiger partial charge in [-0.05, 0) is 55.7 Å². The summed E-state index contributed by atoms with van der Waals surface area (Å²) in [6.07, 6.45) is 3.27. The van der Waals surface area contributed by atoms with Crippen LogP contribution in [0.5, 0.6) is 11.5 Å². The predicted molar refractivity (Wildman–Crippen MR) is 86.7 cm³/mol. The van der Waals surface area contributed by atoms with Crippen LogP contribution in [0.25, 0.3) is 11.1 Å². The van der Waals surface area contributed by atoms with Crippen molar-refractivity contribution in [1.82, 2.24) is 0 Å². The van der Waals surface area contributed by atoms with Gasteiger partial charge in [0.15, 0.2) is 5.75 Å². The number of methoxy groups -OCH3 is 1. The Bertz CT molecular complexity index is 844. The maximum absolute atomic E-state index is 10.8. The van der Waals surface area contributed by atoms with Gasteiger partial charge in [0, 0.05) is 11.1 Å². The summed E-state index contributed by atoms with van der Waals surface area (Å²) in [5.41, 5.74) is 4.46.